The molecular formula is C23H32F2N6O3S. The van der Waals surface area contributed by atoms with E-state index in [2.05, 4.69) is 15.3 Å². The van der Waals surface area contributed by atoms with E-state index < -0.39 is 35.3 Å². The van der Waals surface area contributed by atoms with Crippen molar-refractivity contribution in [3.05, 3.63) is 35.4 Å². The Kier molecular flexibility index (Phi) is 7.39. The molecule has 9 nitrogen and oxygen atoms in total. The predicted molar refractivity (Wildman–Crippen MR) is 131 cm³/mol. The van der Waals surface area contributed by atoms with Gasteiger partial charge in [-0.2, -0.15) is 0 Å². The normalized spacial score (nSPS) is 29.9. The summed E-state index contributed by atoms with van der Waals surface area (Å²) in [5.41, 5.74) is 6.34. The maximum Gasteiger partial charge on any atom is 0.191 e. The van der Waals surface area contributed by atoms with Gasteiger partial charge in [0, 0.05) is 23.1 Å². The molecule has 2 fully saturated rings. The van der Waals surface area contributed by atoms with Crippen molar-refractivity contribution in [3.8, 4) is 0 Å². The van der Waals surface area contributed by atoms with E-state index in [4.69, 9.17) is 11.6 Å². The molecule has 8 N–H and O–H groups in total. The number of nitrogens with zero attached hydrogens (tertiary/aromatic N) is 3. The largest absolute Gasteiger partial charge is 0.396 e. The van der Waals surface area contributed by atoms with Crippen LogP contribution in [0.3, 0.4) is 0 Å². The molecule has 192 valence electrons. The minimum atomic E-state index is -1.21. The molecule has 0 unspecified atom stereocenters. The van der Waals surface area contributed by atoms with Gasteiger partial charge in [0.25, 0.3) is 0 Å². The van der Waals surface area contributed by atoms with Crippen LogP contribution in [0.15, 0.2) is 23.4 Å². The van der Waals surface area contributed by atoms with Crippen LogP contribution < -0.4 is 21.9 Å². The first-order valence-corrected chi connectivity index (χ1v) is 12.6. The highest BCUT2D eigenvalue weighted by Gasteiger charge is 2.51. The van der Waals surface area contributed by atoms with E-state index in [0.717, 1.165) is 18.2 Å². The second kappa shape index (κ2) is 10.0. The molecule has 0 spiro atoms. The highest BCUT2D eigenvalue weighted by atomic mass is 32.2. The molecule has 0 bridgehead atoms. The number of anilines is 3. The fourth-order valence-electron chi connectivity index (χ4n) is 4.56. The van der Waals surface area contributed by atoms with Gasteiger partial charge in [0.15, 0.2) is 28.4 Å². The molecule has 1 heterocycles. The lowest BCUT2D eigenvalue weighted by molar-refractivity contribution is -0.0378. The predicted octanol–water partition coefficient (Wildman–Crippen LogP) is 1.98. The smallest absolute Gasteiger partial charge is 0.191 e. The Morgan fingerprint density at radius 2 is 2.00 bits per heavy atom. The van der Waals surface area contributed by atoms with Gasteiger partial charge in [-0.05, 0) is 37.0 Å². The Balaban J connectivity index is 1.59. The zero-order valence-corrected chi connectivity index (χ0v) is 20.5. The van der Waals surface area contributed by atoms with Crippen LogP contribution in [0.1, 0.15) is 44.6 Å². The highest BCUT2D eigenvalue weighted by molar-refractivity contribution is 7.99. The number of hydrazine groups is 1. The molecule has 2 saturated carbocycles. The van der Waals surface area contributed by atoms with Gasteiger partial charge in [-0.25, -0.2) is 24.6 Å². The zero-order chi connectivity index (χ0) is 25.5. The maximum atomic E-state index is 13.7. The molecule has 12 heteroatoms. The summed E-state index contributed by atoms with van der Waals surface area (Å²) in [4.78, 5) is 9.06. The minimum Gasteiger partial charge on any atom is -0.396 e. The lowest BCUT2D eigenvalue weighted by Crippen LogP contribution is -2.48. The van der Waals surface area contributed by atoms with Crippen molar-refractivity contribution in [2.75, 3.05) is 28.4 Å². The van der Waals surface area contributed by atoms with Crippen LogP contribution in [0.5, 0.6) is 0 Å². The number of aliphatic hydroxyl groups is 3. The first-order valence-electron chi connectivity index (χ1n) is 11.6. The average molecular weight is 511 g/mol. The van der Waals surface area contributed by atoms with Gasteiger partial charge < -0.3 is 26.4 Å². The maximum absolute atomic E-state index is 13.7. The molecular weight excluding hydrogens is 478 g/mol. The number of hydrogen-bond acceptors (Lipinski definition) is 10. The number of nitrogens with one attached hydrogen (secondary N) is 1. The number of aliphatic hydroxyl groups excluding tert-OH is 3. The van der Waals surface area contributed by atoms with Crippen molar-refractivity contribution >= 4 is 29.1 Å². The number of aromatic nitrogens is 2. The summed E-state index contributed by atoms with van der Waals surface area (Å²) in [6.07, 6.45) is -0.563. The molecule has 1 aromatic carbocycles. The first-order chi connectivity index (χ1) is 16.6. The van der Waals surface area contributed by atoms with E-state index in [1.165, 1.54) is 22.8 Å². The molecule has 0 amide bonds. The molecule has 6 atom stereocenters. The van der Waals surface area contributed by atoms with Crippen molar-refractivity contribution in [1.82, 2.24) is 9.97 Å². The monoisotopic (exact) mass is 510 g/mol. The topological polar surface area (TPSA) is 154 Å². The van der Waals surface area contributed by atoms with Gasteiger partial charge >= 0.3 is 0 Å². The number of hydrogen-bond donors (Lipinski definition) is 6. The van der Waals surface area contributed by atoms with Crippen molar-refractivity contribution in [2.24, 2.45) is 11.3 Å². The summed E-state index contributed by atoms with van der Waals surface area (Å²) in [5.74, 6) is 5.91. The van der Waals surface area contributed by atoms with Crippen molar-refractivity contribution in [3.63, 3.8) is 0 Å². The van der Waals surface area contributed by atoms with Gasteiger partial charge in [-0.15, -0.1) is 0 Å². The average Bonchev–Trinajstić information content (AvgIpc) is 3.57. The van der Waals surface area contributed by atoms with Crippen LogP contribution in [0.2, 0.25) is 0 Å². The number of rotatable bonds is 9. The van der Waals surface area contributed by atoms with Crippen molar-refractivity contribution in [2.45, 2.75) is 68.5 Å². The third-order valence-corrected chi connectivity index (χ3v) is 7.95. The number of nitrogens with two attached hydrogens (primary N) is 2. The summed E-state index contributed by atoms with van der Waals surface area (Å²) in [6.45, 7) is 3.40. The van der Waals surface area contributed by atoms with E-state index in [1.54, 1.807) is 13.0 Å². The van der Waals surface area contributed by atoms with Gasteiger partial charge in [0.05, 0.1) is 18.8 Å². The lowest BCUT2D eigenvalue weighted by Gasteiger charge is -2.29. The van der Waals surface area contributed by atoms with Crippen LogP contribution in [-0.4, -0.2) is 61.9 Å². The van der Waals surface area contributed by atoms with E-state index in [1.807, 2.05) is 6.92 Å². The Bertz CT molecular complexity index is 1080. The number of benzene rings is 1. The van der Waals surface area contributed by atoms with Crippen LogP contribution in [0.25, 0.3) is 0 Å². The van der Waals surface area contributed by atoms with E-state index in [-0.39, 0.29) is 36.5 Å². The lowest BCUT2D eigenvalue weighted by atomic mass is 9.87. The van der Waals surface area contributed by atoms with E-state index in [9.17, 15) is 24.1 Å². The summed E-state index contributed by atoms with van der Waals surface area (Å²) in [5, 5.41) is 35.8. The quantitative estimate of drug-likeness (QED) is 0.128. The molecule has 2 aliphatic carbocycles. The Hall–Kier alpha value is -2.25. The number of halogens is 2. The fraction of sp³-hybridized carbons (Fsp3) is 0.565. The fourth-order valence-corrected chi connectivity index (χ4v) is 5.26. The van der Waals surface area contributed by atoms with Crippen LogP contribution in [0, 0.1) is 17.0 Å². The second-order valence-corrected chi connectivity index (χ2v) is 10.7. The van der Waals surface area contributed by atoms with Gasteiger partial charge in [-0.3, -0.25) is 5.01 Å². The molecule has 2 aromatic rings. The third-order valence-electron chi connectivity index (χ3n) is 6.89. The standard InChI is InChI=1S/C23H32F2N6O3S/c1-3-6-35-22-29-20(28-15-8-12(15)11-4-5-13(24)14(25)7-11)17(26)21(30-22)31(27)16-9-23(2,10-32)19(34)18(16)33/h4-5,7,12,15-16,18-19,32-34H,3,6,8-10,26-27H2,1-2H3,(H,28,29,30)/t12-,15+,16+,18-,19-,23+/m0/s1. The molecule has 0 aliphatic heterocycles. The van der Waals surface area contributed by atoms with Gasteiger partial charge in [-0.1, -0.05) is 31.7 Å². The Morgan fingerprint density at radius 3 is 2.63 bits per heavy atom. The van der Waals surface area contributed by atoms with Crippen molar-refractivity contribution in [1.29, 1.82) is 0 Å². The zero-order valence-electron chi connectivity index (χ0n) is 19.7. The molecule has 0 saturated heterocycles. The highest BCUT2D eigenvalue weighted by Crippen LogP contribution is 2.45. The van der Waals surface area contributed by atoms with Gasteiger partial charge in [0.2, 0.25) is 0 Å². The summed E-state index contributed by atoms with van der Waals surface area (Å²) < 4.78 is 27.0. The molecule has 2 aliphatic rings. The summed E-state index contributed by atoms with van der Waals surface area (Å²) >= 11 is 1.43. The summed E-state index contributed by atoms with van der Waals surface area (Å²) in [6, 6.07) is 3.06. The Morgan fingerprint density at radius 1 is 1.26 bits per heavy atom. The van der Waals surface area contributed by atoms with Crippen molar-refractivity contribution < 1.29 is 24.1 Å². The van der Waals surface area contributed by atoms with Crippen LogP contribution in [-0.2, 0) is 0 Å². The number of thioether (sulfide) groups is 1. The minimum absolute atomic E-state index is 0.0271. The third kappa shape index (κ3) is 5.03. The van der Waals surface area contributed by atoms with Crippen LogP contribution >= 0.6 is 11.8 Å². The SMILES string of the molecule is CCCSc1nc(N[C@@H]2C[C@H]2c2ccc(F)c(F)c2)c(N)c(N(N)[C@@H]2C[C@](C)(CO)[C@@H](O)[C@H]2O)n1. The second-order valence-electron chi connectivity index (χ2n) is 9.63. The van der Waals surface area contributed by atoms with Crippen LogP contribution in [0.4, 0.5) is 26.1 Å². The van der Waals surface area contributed by atoms with Gasteiger partial charge in [0.1, 0.15) is 11.8 Å². The Labute approximate surface area is 206 Å². The first kappa shape index (κ1) is 25.8. The number of nitrogen functional groups attached to an aromatic ring is 1. The van der Waals surface area contributed by atoms with E-state index in [0.29, 0.717) is 23.0 Å². The summed E-state index contributed by atoms with van der Waals surface area (Å²) in [7, 11) is 0. The van der Waals surface area contributed by atoms with E-state index >= 15 is 0 Å². The molecule has 35 heavy (non-hydrogen) atoms. The molecule has 1 aromatic heterocycles. The molecule has 4 rings (SSSR count). The molecule has 0 radical (unpaired) electrons.